The molecule has 2 aromatic rings. The minimum absolute atomic E-state index is 0.00285. The van der Waals surface area contributed by atoms with Gasteiger partial charge < -0.3 is 24.6 Å². The summed E-state index contributed by atoms with van der Waals surface area (Å²) in [5.41, 5.74) is 0. The van der Waals surface area contributed by atoms with Crippen LogP contribution in [0.5, 0.6) is 17.2 Å². The Morgan fingerprint density at radius 2 is 1.91 bits per heavy atom. The Labute approximate surface area is 191 Å². The van der Waals surface area contributed by atoms with Gasteiger partial charge in [0.25, 0.3) is 0 Å². The van der Waals surface area contributed by atoms with Crippen LogP contribution in [-0.2, 0) is 14.8 Å². The van der Waals surface area contributed by atoms with Crippen molar-refractivity contribution in [3.8, 4) is 17.2 Å². The van der Waals surface area contributed by atoms with Crippen LogP contribution < -0.4 is 19.5 Å². The van der Waals surface area contributed by atoms with Gasteiger partial charge in [-0.1, -0.05) is 12.1 Å². The van der Waals surface area contributed by atoms with Crippen LogP contribution >= 0.6 is 0 Å². The van der Waals surface area contributed by atoms with Crippen LogP contribution in [0.1, 0.15) is 12.8 Å². The highest BCUT2D eigenvalue weighted by molar-refractivity contribution is 7.89. The summed E-state index contributed by atoms with van der Waals surface area (Å²) >= 11 is 0. The van der Waals surface area contributed by atoms with E-state index < -0.39 is 21.9 Å². The fourth-order valence-electron chi connectivity index (χ4n) is 3.73. The monoisotopic (exact) mass is 480 g/mol. The van der Waals surface area contributed by atoms with E-state index in [0.717, 1.165) is 6.07 Å². The number of carbonyl (C=O) groups is 1. The van der Waals surface area contributed by atoms with Crippen LogP contribution in [-0.4, -0.2) is 62.9 Å². The number of ether oxygens (including phenoxy) is 3. The molecule has 33 heavy (non-hydrogen) atoms. The number of benzene rings is 2. The molecule has 0 aromatic heterocycles. The lowest BCUT2D eigenvalue weighted by atomic mass is 9.97. The van der Waals surface area contributed by atoms with Crippen molar-refractivity contribution in [3.05, 3.63) is 48.3 Å². The SMILES string of the molecule is O=C(NCC(O)COc1ccc2c(c1)OCO2)C1CCN(S(=O)(=O)c2ccccc2F)CC1. The zero-order chi connectivity index (χ0) is 23.4. The Hall–Kier alpha value is -2.89. The molecule has 1 amide bonds. The minimum Gasteiger partial charge on any atom is -0.491 e. The molecule has 1 atom stereocenters. The van der Waals surface area contributed by atoms with Gasteiger partial charge in [-0.2, -0.15) is 4.31 Å². The number of halogens is 1. The number of fused-ring (bicyclic) bond motifs is 1. The smallest absolute Gasteiger partial charge is 0.245 e. The molecule has 0 spiro atoms. The molecule has 0 bridgehead atoms. The highest BCUT2D eigenvalue weighted by Gasteiger charge is 2.33. The maximum Gasteiger partial charge on any atom is 0.245 e. The van der Waals surface area contributed by atoms with Gasteiger partial charge >= 0.3 is 0 Å². The van der Waals surface area contributed by atoms with Gasteiger partial charge in [0.05, 0.1) is 0 Å². The number of aliphatic hydroxyl groups excluding tert-OH is 1. The van der Waals surface area contributed by atoms with E-state index in [2.05, 4.69) is 5.32 Å². The van der Waals surface area contributed by atoms with Gasteiger partial charge in [-0.25, -0.2) is 12.8 Å². The van der Waals surface area contributed by atoms with Crippen molar-refractivity contribution in [1.82, 2.24) is 9.62 Å². The van der Waals surface area contributed by atoms with Crippen LogP contribution in [0.25, 0.3) is 0 Å². The first-order valence-corrected chi connectivity index (χ1v) is 12.0. The number of rotatable bonds is 8. The molecule has 1 saturated heterocycles. The largest absolute Gasteiger partial charge is 0.491 e. The second kappa shape index (κ2) is 9.94. The molecule has 11 heteroatoms. The molecule has 1 fully saturated rings. The summed E-state index contributed by atoms with van der Waals surface area (Å²) in [7, 11) is -3.95. The predicted molar refractivity (Wildman–Crippen MR) is 115 cm³/mol. The van der Waals surface area contributed by atoms with Crippen molar-refractivity contribution in [3.63, 3.8) is 0 Å². The Morgan fingerprint density at radius 1 is 1.18 bits per heavy atom. The first-order valence-electron chi connectivity index (χ1n) is 10.6. The summed E-state index contributed by atoms with van der Waals surface area (Å²) in [5, 5.41) is 12.8. The highest BCUT2D eigenvalue weighted by atomic mass is 32.2. The standard InChI is InChI=1S/C22H25FN2O7S/c23-18-3-1-2-4-21(18)33(28,29)25-9-7-15(8-10-25)22(27)24-12-16(26)13-30-17-5-6-19-20(11-17)32-14-31-19/h1-6,11,15-16,26H,7-10,12-14H2,(H,24,27). The van der Waals surface area contributed by atoms with Gasteiger partial charge in [0.15, 0.2) is 11.5 Å². The van der Waals surface area contributed by atoms with E-state index in [4.69, 9.17) is 14.2 Å². The molecule has 9 nitrogen and oxygen atoms in total. The van der Waals surface area contributed by atoms with E-state index in [-0.39, 0.29) is 49.8 Å². The molecule has 2 aromatic carbocycles. The van der Waals surface area contributed by atoms with Crippen molar-refractivity contribution in [1.29, 1.82) is 0 Å². The van der Waals surface area contributed by atoms with Crippen molar-refractivity contribution in [2.24, 2.45) is 5.92 Å². The second-order valence-electron chi connectivity index (χ2n) is 7.83. The molecule has 2 aliphatic rings. The predicted octanol–water partition coefficient (Wildman–Crippen LogP) is 1.51. The molecule has 4 rings (SSSR count). The third-order valence-corrected chi connectivity index (χ3v) is 7.51. The van der Waals surface area contributed by atoms with Crippen LogP contribution in [0.3, 0.4) is 0 Å². The highest BCUT2D eigenvalue weighted by Crippen LogP contribution is 2.35. The summed E-state index contributed by atoms with van der Waals surface area (Å²) in [4.78, 5) is 12.1. The average molecular weight is 481 g/mol. The average Bonchev–Trinajstić information content (AvgIpc) is 3.29. The topological polar surface area (TPSA) is 114 Å². The molecule has 0 radical (unpaired) electrons. The van der Waals surface area contributed by atoms with Crippen LogP contribution in [0, 0.1) is 11.7 Å². The maximum absolute atomic E-state index is 13.9. The third kappa shape index (κ3) is 5.37. The fourth-order valence-corrected chi connectivity index (χ4v) is 5.27. The van der Waals surface area contributed by atoms with Gasteiger partial charge in [-0.15, -0.1) is 0 Å². The Bertz CT molecular complexity index is 1100. The number of nitrogens with one attached hydrogen (secondary N) is 1. The van der Waals surface area contributed by atoms with Crippen LogP contribution in [0.4, 0.5) is 4.39 Å². The Balaban J connectivity index is 1.21. The van der Waals surface area contributed by atoms with Gasteiger partial charge in [0.2, 0.25) is 22.7 Å². The van der Waals surface area contributed by atoms with Gasteiger partial charge in [0.1, 0.15) is 29.2 Å². The van der Waals surface area contributed by atoms with Crippen LogP contribution in [0.15, 0.2) is 47.4 Å². The lowest BCUT2D eigenvalue weighted by molar-refractivity contribution is -0.126. The maximum atomic E-state index is 13.9. The molecule has 178 valence electrons. The number of amides is 1. The normalized spacial score (nSPS) is 17.5. The van der Waals surface area contributed by atoms with Gasteiger partial charge in [-0.05, 0) is 37.1 Å². The zero-order valence-corrected chi connectivity index (χ0v) is 18.6. The molecular formula is C22H25FN2O7S. The molecule has 2 N–H and O–H groups in total. The third-order valence-electron chi connectivity index (χ3n) is 5.58. The number of carbonyl (C=O) groups excluding carboxylic acids is 1. The van der Waals surface area contributed by atoms with Crippen LogP contribution in [0.2, 0.25) is 0 Å². The van der Waals surface area contributed by atoms with Crippen molar-refractivity contribution >= 4 is 15.9 Å². The summed E-state index contributed by atoms with van der Waals surface area (Å²) in [6.45, 7) is 0.354. The van der Waals surface area contributed by atoms with E-state index in [1.165, 1.54) is 22.5 Å². The number of hydrogen-bond acceptors (Lipinski definition) is 7. The molecule has 2 heterocycles. The van der Waals surface area contributed by atoms with E-state index >= 15 is 0 Å². The molecule has 2 aliphatic heterocycles. The number of hydrogen-bond donors (Lipinski definition) is 2. The zero-order valence-electron chi connectivity index (χ0n) is 17.8. The van der Waals surface area contributed by atoms with E-state index in [0.29, 0.717) is 30.1 Å². The molecular weight excluding hydrogens is 455 g/mol. The molecule has 0 aliphatic carbocycles. The number of sulfonamides is 1. The first-order chi connectivity index (χ1) is 15.8. The Morgan fingerprint density at radius 3 is 2.67 bits per heavy atom. The Kier molecular flexibility index (Phi) is 7.01. The van der Waals surface area contributed by atoms with E-state index in [9.17, 15) is 22.7 Å². The lowest BCUT2D eigenvalue weighted by Gasteiger charge is -2.30. The number of aliphatic hydroxyl groups is 1. The first kappa shape index (κ1) is 23.3. The quantitative estimate of drug-likeness (QED) is 0.589. The fraction of sp³-hybridized carbons (Fsp3) is 0.409. The lowest BCUT2D eigenvalue weighted by Crippen LogP contribution is -2.44. The van der Waals surface area contributed by atoms with Gasteiger partial charge in [0, 0.05) is 31.6 Å². The van der Waals surface area contributed by atoms with E-state index in [1.807, 2.05) is 0 Å². The molecule has 1 unspecified atom stereocenters. The van der Waals surface area contributed by atoms with E-state index in [1.54, 1.807) is 18.2 Å². The summed E-state index contributed by atoms with van der Waals surface area (Å²) in [5.74, 6) is 0.253. The second-order valence-corrected chi connectivity index (χ2v) is 9.74. The summed E-state index contributed by atoms with van der Waals surface area (Å²) < 4.78 is 56.5. The van der Waals surface area contributed by atoms with Crippen molar-refractivity contribution in [2.75, 3.05) is 33.0 Å². The van der Waals surface area contributed by atoms with Crippen molar-refractivity contribution < 1.29 is 36.9 Å². The number of nitrogens with zero attached hydrogens (tertiary/aromatic N) is 1. The van der Waals surface area contributed by atoms with Gasteiger partial charge in [-0.3, -0.25) is 4.79 Å². The number of piperidine rings is 1. The molecule has 0 saturated carbocycles. The minimum atomic E-state index is -3.95. The van der Waals surface area contributed by atoms with Crippen molar-refractivity contribution in [2.45, 2.75) is 23.8 Å². The summed E-state index contributed by atoms with van der Waals surface area (Å²) in [6.07, 6.45) is -0.312. The summed E-state index contributed by atoms with van der Waals surface area (Å²) in [6, 6.07) is 10.3.